The number of benzene rings is 2. The van der Waals surface area contributed by atoms with Crippen molar-refractivity contribution in [2.24, 2.45) is 7.05 Å². The number of nitrogens with zero attached hydrogens (tertiary/aromatic N) is 3. The van der Waals surface area contributed by atoms with Crippen LogP contribution >= 0.6 is 0 Å². The van der Waals surface area contributed by atoms with Crippen LogP contribution in [-0.4, -0.2) is 26.4 Å². The first-order chi connectivity index (χ1) is 13.5. The van der Waals surface area contributed by atoms with E-state index < -0.39 is 0 Å². The molecule has 0 spiro atoms. The minimum Gasteiger partial charge on any atom is -0.337 e. The van der Waals surface area contributed by atoms with Crippen molar-refractivity contribution < 1.29 is 4.79 Å². The zero-order valence-corrected chi connectivity index (χ0v) is 17.2. The molecule has 4 heteroatoms. The van der Waals surface area contributed by atoms with Crippen LogP contribution in [0.1, 0.15) is 48.7 Å². The van der Waals surface area contributed by atoms with Gasteiger partial charge >= 0.3 is 0 Å². The molecule has 1 heterocycles. The number of aromatic nitrogens is 2. The molecule has 1 atom stereocenters. The third-order valence-electron chi connectivity index (χ3n) is 5.32. The molecular formula is C24H29N3O. The van der Waals surface area contributed by atoms with Crippen LogP contribution in [0.4, 0.5) is 0 Å². The minimum absolute atomic E-state index is 0.0394. The summed E-state index contributed by atoms with van der Waals surface area (Å²) in [5, 5.41) is 0. The van der Waals surface area contributed by atoms with Gasteiger partial charge in [-0.15, -0.1) is 0 Å². The SMILES string of the molecule is Cc1ccccc1C(CC(=O)N(Cc1nccn1C)C(C)C)c1ccccc1. The zero-order chi connectivity index (χ0) is 20.1. The van der Waals surface area contributed by atoms with Crippen LogP contribution in [0.15, 0.2) is 67.0 Å². The van der Waals surface area contributed by atoms with Gasteiger partial charge in [0.05, 0.1) is 6.54 Å². The van der Waals surface area contributed by atoms with Crippen molar-refractivity contribution in [2.75, 3.05) is 0 Å². The van der Waals surface area contributed by atoms with Gasteiger partial charge in [-0.1, -0.05) is 54.6 Å². The normalized spacial score (nSPS) is 12.2. The van der Waals surface area contributed by atoms with E-state index in [0.717, 1.165) is 5.82 Å². The van der Waals surface area contributed by atoms with E-state index in [-0.39, 0.29) is 17.9 Å². The van der Waals surface area contributed by atoms with Crippen molar-refractivity contribution in [3.8, 4) is 0 Å². The summed E-state index contributed by atoms with van der Waals surface area (Å²) in [6, 6.07) is 18.8. The van der Waals surface area contributed by atoms with Gasteiger partial charge in [-0.05, 0) is 37.5 Å². The van der Waals surface area contributed by atoms with E-state index in [1.807, 2.05) is 47.0 Å². The van der Waals surface area contributed by atoms with E-state index in [1.54, 1.807) is 6.20 Å². The van der Waals surface area contributed by atoms with E-state index in [0.29, 0.717) is 13.0 Å². The molecule has 1 unspecified atom stereocenters. The van der Waals surface area contributed by atoms with Crippen molar-refractivity contribution in [2.45, 2.75) is 45.7 Å². The first kappa shape index (κ1) is 19.9. The van der Waals surface area contributed by atoms with Crippen LogP contribution in [0.5, 0.6) is 0 Å². The first-order valence-electron chi connectivity index (χ1n) is 9.83. The summed E-state index contributed by atoms with van der Waals surface area (Å²) in [4.78, 5) is 19.7. The second kappa shape index (κ2) is 8.87. The molecule has 0 N–H and O–H groups in total. The van der Waals surface area contributed by atoms with E-state index in [1.165, 1.54) is 16.7 Å². The molecule has 3 aromatic rings. The highest BCUT2D eigenvalue weighted by molar-refractivity contribution is 5.78. The summed E-state index contributed by atoms with van der Waals surface area (Å²) >= 11 is 0. The van der Waals surface area contributed by atoms with Gasteiger partial charge in [0, 0.05) is 37.8 Å². The van der Waals surface area contributed by atoms with Crippen molar-refractivity contribution >= 4 is 5.91 Å². The number of hydrogen-bond acceptors (Lipinski definition) is 2. The molecule has 0 radical (unpaired) electrons. The average Bonchev–Trinajstić information content (AvgIpc) is 3.10. The number of imidazole rings is 1. The number of carbonyl (C=O) groups is 1. The molecule has 0 aliphatic heterocycles. The van der Waals surface area contributed by atoms with Gasteiger partial charge in [0.15, 0.2) is 0 Å². The molecule has 0 aliphatic rings. The fraction of sp³-hybridized carbons (Fsp3) is 0.333. The minimum atomic E-state index is 0.0394. The maximum absolute atomic E-state index is 13.4. The second-order valence-corrected chi connectivity index (χ2v) is 7.59. The number of aryl methyl sites for hydroxylation is 2. The Morgan fingerprint density at radius 3 is 2.36 bits per heavy atom. The monoisotopic (exact) mass is 375 g/mol. The molecule has 0 saturated carbocycles. The van der Waals surface area contributed by atoms with E-state index in [2.05, 4.69) is 56.1 Å². The van der Waals surface area contributed by atoms with Gasteiger partial charge in [0.2, 0.25) is 5.91 Å². The third-order valence-corrected chi connectivity index (χ3v) is 5.32. The Morgan fingerprint density at radius 2 is 1.75 bits per heavy atom. The Labute approximate surface area is 167 Å². The molecule has 0 bridgehead atoms. The lowest BCUT2D eigenvalue weighted by Crippen LogP contribution is -2.38. The second-order valence-electron chi connectivity index (χ2n) is 7.59. The van der Waals surface area contributed by atoms with Gasteiger partial charge in [0.25, 0.3) is 0 Å². The Balaban J connectivity index is 1.89. The van der Waals surface area contributed by atoms with Gasteiger partial charge in [-0.25, -0.2) is 4.98 Å². The fourth-order valence-corrected chi connectivity index (χ4v) is 3.62. The third kappa shape index (κ3) is 4.50. The summed E-state index contributed by atoms with van der Waals surface area (Å²) in [7, 11) is 1.96. The quantitative estimate of drug-likeness (QED) is 0.601. The van der Waals surface area contributed by atoms with Crippen molar-refractivity contribution in [1.82, 2.24) is 14.5 Å². The molecule has 0 saturated heterocycles. The zero-order valence-electron chi connectivity index (χ0n) is 17.2. The predicted molar refractivity (Wildman–Crippen MR) is 113 cm³/mol. The van der Waals surface area contributed by atoms with Crippen molar-refractivity contribution in [1.29, 1.82) is 0 Å². The Hall–Kier alpha value is -2.88. The van der Waals surface area contributed by atoms with Crippen LogP contribution in [0, 0.1) is 6.92 Å². The lowest BCUT2D eigenvalue weighted by Gasteiger charge is -2.29. The number of carbonyl (C=O) groups excluding carboxylic acids is 1. The summed E-state index contributed by atoms with van der Waals surface area (Å²) in [5.74, 6) is 1.09. The lowest BCUT2D eigenvalue weighted by atomic mass is 9.85. The maximum Gasteiger partial charge on any atom is 0.224 e. The van der Waals surface area contributed by atoms with Gasteiger partial charge in [0.1, 0.15) is 5.82 Å². The molecule has 1 amide bonds. The average molecular weight is 376 g/mol. The van der Waals surface area contributed by atoms with Crippen LogP contribution in [-0.2, 0) is 18.4 Å². The highest BCUT2D eigenvalue weighted by Crippen LogP contribution is 2.31. The topological polar surface area (TPSA) is 38.1 Å². The smallest absolute Gasteiger partial charge is 0.224 e. The molecule has 1 aromatic heterocycles. The number of rotatable bonds is 7. The van der Waals surface area contributed by atoms with E-state index >= 15 is 0 Å². The van der Waals surface area contributed by atoms with Gasteiger partial charge < -0.3 is 9.47 Å². The predicted octanol–water partition coefficient (Wildman–Crippen LogP) is 4.69. The Morgan fingerprint density at radius 1 is 1.07 bits per heavy atom. The molecule has 0 fully saturated rings. The number of hydrogen-bond donors (Lipinski definition) is 0. The van der Waals surface area contributed by atoms with Crippen molar-refractivity contribution in [3.63, 3.8) is 0 Å². The molecule has 4 nitrogen and oxygen atoms in total. The van der Waals surface area contributed by atoms with Gasteiger partial charge in [-0.2, -0.15) is 0 Å². The summed E-state index contributed by atoms with van der Waals surface area (Å²) in [6.07, 6.45) is 4.13. The molecular weight excluding hydrogens is 346 g/mol. The fourth-order valence-electron chi connectivity index (χ4n) is 3.62. The Kier molecular flexibility index (Phi) is 6.30. The van der Waals surface area contributed by atoms with Crippen LogP contribution in [0.3, 0.4) is 0 Å². The van der Waals surface area contributed by atoms with Crippen molar-refractivity contribution in [3.05, 3.63) is 89.5 Å². The van der Waals surface area contributed by atoms with Crippen LogP contribution in [0.2, 0.25) is 0 Å². The molecule has 0 aliphatic carbocycles. The largest absolute Gasteiger partial charge is 0.337 e. The van der Waals surface area contributed by atoms with Crippen LogP contribution in [0.25, 0.3) is 0 Å². The standard InChI is InChI=1S/C24H29N3O/c1-18(2)27(17-23-25-14-15-26(23)4)24(28)16-22(20-11-6-5-7-12-20)21-13-9-8-10-19(21)3/h5-15,18,22H,16-17H2,1-4H3. The van der Waals surface area contributed by atoms with Gasteiger partial charge in [-0.3, -0.25) is 4.79 Å². The maximum atomic E-state index is 13.4. The summed E-state index contributed by atoms with van der Waals surface area (Å²) in [6.45, 7) is 6.76. The van der Waals surface area contributed by atoms with E-state index in [4.69, 9.17) is 0 Å². The summed E-state index contributed by atoms with van der Waals surface area (Å²) in [5.41, 5.74) is 3.60. The highest BCUT2D eigenvalue weighted by Gasteiger charge is 2.25. The molecule has 28 heavy (non-hydrogen) atoms. The highest BCUT2D eigenvalue weighted by atomic mass is 16.2. The summed E-state index contributed by atoms with van der Waals surface area (Å²) < 4.78 is 1.97. The molecule has 3 rings (SSSR count). The Bertz CT molecular complexity index is 914. The number of amides is 1. The molecule has 146 valence electrons. The first-order valence-corrected chi connectivity index (χ1v) is 9.83. The van der Waals surface area contributed by atoms with E-state index in [9.17, 15) is 4.79 Å². The lowest BCUT2D eigenvalue weighted by molar-refractivity contribution is -0.134. The van der Waals surface area contributed by atoms with Crippen LogP contribution < -0.4 is 0 Å². The molecule has 2 aromatic carbocycles.